The van der Waals surface area contributed by atoms with Gasteiger partial charge in [-0.2, -0.15) is 0 Å². The zero-order valence-electron chi connectivity index (χ0n) is 13.6. The molecule has 3 aliphatic rings. The van der Waals surface area contributed by atoms with Gasteiger partial charge in [-0.05, 0) is 37.0 Å². The molecule has 0 aromatic heterocycles. The van der Waals surface area contributed by atoms with Crippen LogP contribution in [-0.4, -0.2) is 34.8 Å². The molecule has 0 aromatic rings. The molecule has 1 heterocycles. The third-order valence-electron chi connectivity index (χ3n) is 5.94. The first-order valence-corrected chi connectivity index (χ1v) is 8.53. The van der Waals surface area contributed by atoms with Gasteiger partial charge >= 0.3 is 0 Å². The maximum absolute atomic E-state index is 13.1. The number of nitrogens with one attached hydrogen (secondary N) is 1. The Bertz CT molecular complexity index is 452. The van der Waals surface area contributed by atoms with Gasteiger partial charge in [0.1, 0.15) is 11.6 Å². The van der Waals surface area contributed by atoms with E-state index in [1.807, 2.05) is 11.8 Å². The first kappa shape index (κ1) is 14.9. The van der Waals surface area contributed by atoms with Gasteiger partial charge < -0.3 is 10.2 Å². The first-order valence-electron chi connectivity index (χ1n) is 8.53. The number of piperazine rings is 1. The Balaban J connectivity index is 1.82. The molecular weight excluding hydrogens is 264 g/mol. The number of carbonyl (C=O) groups excluding carboxylic acids is 2. The highest BCUT2D eigenvalue weighted by molar-refractivity contribution is 5.99. The van der Waals surface area contributed by atoms with Gasteiger partial charge in [-0.1, -0.05) is 40.0 Å². The molecule has 0 aromatic carbocycles. The highest BCUT2D eigenvalue weighted by Gasteiger charge is 2.54. The Labute approximate surface area is 127 Å². The molecule has 4 heteroatoms. The Kier molecular flexibility index (Phi) is 3.53. The topological polar surface area (TPSA) is 49.4 Å². The summed E-state index contributed by atoms with van der Waals surface area (Å²) in [6.07, 6.45) is 6.79. The summed E-state index contributed by atoms with van der Waals surface area (Å²) in [4.78, 5) is 27.5. The molecule has 0 radical (unpaired) electrons. The minimum atomic E-state index is -0.583. The number of rotatable bonds is 3. The molecular formula is C17H28N2O2. The average Bonchev–Trinajstić information content (AvgIpc) is 3.04. The van der Waals surface area contributed by atoms with Crippen LogP contribution < -0.4 is 5.32 Å². The highest BCUT2D eigenvalue weighted by atomic mass is 16.2. The van der Waals surface area contributed by atoms with Crippen LogP contribution in [0.25, 0.3) is 0 Å². The highest BCUT2D eigenvalue weighted by Crippen LogP contribution is 2.52. The zero-order chi connectivity index (χ0) is 15.3. The largest absolute Gasteiger partial charge is 0.340 e. The van der Waals surface area contributed by atoms with Crippen molar-refractivity contribution in [2.45, 2.75) is 77.3 Å². The summed E-state index contributed by atoms with van der Waals surface area (Å²) in [6.45, 7) is 7.27. The number of amides is 2. The van der Waals surface area contributed by atoms with Crippen molar-refractivity contribution in [3.63, 3.8) is 0 Å². The fraction of sp³-hybridized carbons (Fsp3) is 0.882. The van der Waals surface area contributed by atoms with E-state index in [0.29, 0.717) is 17.8 Å². The normalized spacial score (nSPS) is 34.0. The predicted octanol–water partition coefficient (Wildman–Crippen LogP) is 2.47. The van der Waals surface area contributed by atoms with E-state index in [-0.39, 0.29) is 17.9 Å². The lowest BCUT2D eigenvalue weighted by Crippen LogP contribution is -2.70. The van der Waals surface area contributed by atoms with E-state index in [4.69, 9.17) is 0 Å². The fourth-order valence-corrected chi connectivity index (χ4v) is 4.17. The molecule has 2 amide bonds. The van der Waals surface area contributed by atoms with Crippen molar-refractivity contribution in [2.24, 2.45) is 11.3 Å². The van der Waals surface area contributed by atoms with E-state index < -0.39 is 5.54 Å². The van der Waals surface area contributed by atoms with Gasteiger partial charge in [0.25, 0.3) is 0 Å². The third-order valence-corrected chi connectivity index (χ3v) is 5.94. The maximum atomic E-state index is 13.1. The molecule has 118 valence electrons. The van der Waals surface area contributed by atoms with Gasteiger partial charge in [0.2, 0.25) is 11.8 Å². The van der Waals surface area contributed by atoms with Crippen molar-refractivity contribution < 1.29 is 9.59 Å². The molecule has 0 bridgehead atoms. The quantitative estimate of drug-likeness (QED) is 0.868. The van der Waals surface area contributed by atoms with Gasteiger partial charge in [-0.3, -0.25) is 9.59 Å². The molecule has 1 aliphatic heterocycles. The van der Waals surface area contributed by atoms with Crippen LogP contribution in [0.5, 0.6) is 0 Å². The summed E-state index contributed by atoms with van der Waals surface area (Å²) in [7, 11) is 0. The predicted molar refractivity (Wildman–Crippen MR) is 81.6 cm³/mol. The van der Waals surface area contributed by atoms with Gasteiger partial charge in [0.15, 0.2) is 0 Å². The van der Waals surface area contributed by atoms with E-state index in [9.17, 15) is 9.59 Å². The second-order valence-corrected chi connectivity index (χ2v) is 7.90. The number of carbonyl (C=O) groups is 2. The van der Waals surface area contributed by atoms with Crippen molar-refractivity contribution >= 4 is 11.8 Å². The maximum Gasteiger partial charge on any atom is 0.249 e. The summed E-state index contributed by atoms with van der Waals surface area (Å²) in [6, 6.07) is -0.263. The van der Waals surface area contributed by atoms with Crippen molar-refractivity contribution in [1.29, 1.82) is 0 Å². The fourth-order valence-electron chi connectivity index (χ4n) is 4.17. The summed E-state index contributed by atoms with van der Waals surface area (Å²) in [5.74, 6) is 0.816. The second-order valence-electron chi connectivity index (χ2n) is 7.90. The number of nitrogens with zero attached hydrogens (tertiary/aromatic N) is 1. The monoisotopic (exact) mass is 292 g/mol. The van der Waals surface area contributed by atoms with Gasteiger partial charge in [0, 0.05) is 6.54 Å². The summed E-state index contributed by atoms with van der Waals surface area (Å²) in [5, 5.41) is 3.10. The van der Waals surface area contributed by atoms with Crippen molar-refractivity contribution in [1.82, 2.24) is 10.2 Å². The van der Waals surface area contributed by atoms with Gasteiger partial charge in [-0.15, -0.1) is 0 Å². The molecule has 2 unspecified atom stereocenters. The summed E-state index contributed by atoms with van der Waals surface area (Å²) < 4.78 is 0. The van der Waals surface area contributed by atoms with Crippen LogP contribution in [0.4, 0.5) is 0 Å². The van der Waals surface area contributed by atoms with E-state index in [2.05, 4.69) is 19.2 Å². The molecule has 2 atom stereocenters. The number of hydrogen-bond donors (Lipinski definition) is 1. The standard InChI is InChI=1S/C17H28N2O2/c1-4-13-14(20)18-17(8-6-5-7-9-17)15(21)19(13)11-12-10-16(12,2)3/h12-13H,4-11H2,1-3H3,(H,18,20). The van der Waals surface area contributed by atoms with E-state index in [1.54, 1.807) is 0 Å². The molecule has 2 aliphatic carbocycles. The van der Waals surface area contributed by atoms with Crippen LogP contribution in [-0.2, 0) is 9.59 Å². The first-order chi connectivity index (χ1) is 9.89. The van der Waals surface area contributed by atoms with E-state index >= 15 is 0 Å². The van der Waals surface area contributed by atoms with Crippen molar-refractivity contribution in [3.8, 4) is 0 Å². The Morgan fingerprint density at radius 1 is 1.19 bits per heavy atom. The second kappa shape index (κ2) is 4.99. The minimum absolute atomic E-state index is 0.0671. The molecule has 2 saturated carbocycles. The molecule has 21 heavy (non-hydrogen) atoms. The van der Waals surface area contributed by atoms with Crippen LogP contribution in [0.15, 0.2) is 0 Å². The van der Waals surface area contributed by atoms with E-state index in [1.165, 1.54) is 12.8 Å². The lowest BCUT2D eigenvalue weighted by Gasteiger charge is -2.47. The molecule has 3 rings (SSSR count). The molecule has 3 fully saturated rings. The summed E-state index contributed by atoms with van der Waals surface area (Å²) in [5.41, 5.74) is -0.244. The van der Waals surface area contributed by atoms with Crippen LogP contribution in [0.2, 0.25) is 0 Å². The lowest BCUT2D eigenvalue weighted by atomic mass is 9.78. The van der Waals surface area contributed by atoms with Crippen LogP contribution in [0.3, 0.4) is 0 Å². The van der Waals surface area contributed by atoms with Gasteiger partial charge in [-0.25, -0.2) is 0 Å². The molecule has 4 nitrogen and oxygen atoms in total. The van der Waals surface area contributed by atoms with Crippen LogP contribution in [0, 0.1) is 11.3 Å². The van der Waals surface area contributed by atoms with E-state index in [0.717, 1.165) is 32.2 Å². The third kappa shape index (κ3) is 2.47. The molecule has 1 saturated heterocycles. The Morgan fingerprint density at radius 2 is 1.81 bits per heavy atom. The molecule has 1 spiro atoms. The van der Waals surface area contributed by atoms with Crippen LogP contribution >= 0.6 is 0 Å². The lowest BCUT2D eigenvalue weighted by molar-refractivity contribution is -0.157. The van der Waals surface area contributed by atoms with Crippen LogP contribution in [0.1, 0.15) is 65.7 Å². The van der Waals surface area contributed by atoms with Crippen molar-refractivity contribution in [3.05, 3.63) is 0 Å². The SMILES string of the molecule is CCC1C(=O)NC2(CCCCC2)C(=O)N1CC1CC1(C)C. The Morgan fingerprint density at radius 3 is 2.33 bits per heavy atom. The average molecular weight is 292 g/mol. The van der Waals surface area contributed by atoms with Crippen molar-refractivity contribution in [2.75, 3.05) is 6.54 Å². The number of hydrogen-bond acceptors (Lipinski definition) is 2. The minimum Gasteiger partial charge on any atom is -0.340 e. The summed E-state index contributed by atoms with van der Waals surface area (Å²) >= 11 is 0. The smallest absolute Gasteiger partial charge is 0.249 e. The molecule has 1 N–H and O–H groups in total. The zero-order valence-corrected chi connectivity index (χ0v) is 13.6. The Hall–Kier alpha value is -1.06. The van der Waals surface area contributed by atoms with Gasteiger partial charge in [0.05, 0.1) is 0 Å².